The van der Waals surface area contributed by atoms with Crippen LogP contribution in [-0.4, -0.2) is 22.4 Å². The normalized spacial score (nSPS) is 11.3. The Balaban J connectivity index is 2.23. The average Bonchev–Trinajstić information content (AvgIpc) is 2.37. The lowest BCUT2D eigenvalue weighted by Gasteiger charge is -2.09. The number of hydrogen-bond donors (Lipinski definition) is 1. The van der Waals surface area contributed by atoms with Crippen LogP contribution in [0.15, 0.2) is 36.4 Å². The summed E-state index contributed by atoms with van der Waals surface area (Å²) in [4.78, 5) is 14.0. The number of pyridine rings is 1. The van der Waals surface area contributed by atoms with Crippen LogP contribution in [0.4, 0.5) is 17.6 Å². The van der Waals surface area contributed by atoms with Crippen LogP contribution in [0.2, 0.25) is 0 Å². The lowest BCUT2D eigenvalue weighted by atomic mass is 10.1. The first-order chi connectivity index (χ1) is 10.2. The number of halogens is 4. The van der Waals surface area contributed by atoms with E-state index in [1.165, 1.54) is 24.3 Å². The average molecular weight is 315 g/mol. The van der Waals surface area contributed by atoms with Gasteiger partial charge in [0.05, 0.1) is 12.1 Å². The monoisotopic (exact) mass is 315 g/mol. The van der Waals surface area contributed by atoms with E-state index in [1.54, 1.807) is 0 Å². The molecular formula is C14H9F4NO3. The molecular weight excluding hydrogens is 306 g/mol. The summed E-state index contributed by atoms with van der Waals surface area (Å²) >= 11 is 0. The molecule has 0 aliphatic carbocycles. The van der Waals surface area contributed by atoms with Crippen LogP contribution >= 0.6 is 0 Å². The quantitative estimate of drug-likeness (QED) is 0.694. The Labute approximate surface area is 122 Å². The first-order valence-corrected chi connectivity index (χ1v) is 5.98. The summed E-state index contributed by atoms with van der Waals surface area (Å²) < 4.78 is 53.7. The van der Waals surface area contributed by atoms with Gasteiger partial charge in [0.2, 0.25) is 5.95 Å². The van der Waals surface area contributed by atoms with Crippen molar-refractivity contribution in [2.45, 2.75) is 12.8 Å². The van der Waals surface area contributed by atoms with Crippen molar-refractivity contribution in [2.75, 3.05) is 0 Å². The Bertz CT molecular complexity index is 683. The number of rotatable bonds is 4. The first kappa shape index (κ1) is 15.7. The van der Waals surface area contributed by atoms with Gasteiger partial charge in [0.15, 0.2) is 0 Å². The number of alkyl halides is 3. The predicted molar refractivity (Wildman–Crippen MR) is 67.7 cm³/mol. The molecule has 0 atom stereocenters. The van der Waals surface area contributed by atoms with Gasteiger partial charge < -0.3 is 9.84 Å². The van der Waals surface area contributed by atoms with E-state index >= 15 is 0 Å². The Kier molecular flexibility index (Phi) is 4.30. The van der Waals surface area contributed by atoms with E-state index in [9.17, 15) is 22.4 Å². The van der Waals surface area contributed by atoms with E-state index in [2.05, 4.69) is 9.72 Å². The predicted octanol–water partition coefficient (Wildman–Crippen LogP) is 3.41. The third-order valence-corrected chi connectivity index (χ3v) is 2.64. The molecule has 0 unspecified atom stereocenters. The Morgan fingerprint density at radius 2 is 1.77 bits per heavy atom. The van der Waals surface area contributed by atoms with E-state index in [0.29, 0.717) is 5.56 Å². The molecule has 1 heterocycles. The lowest BCUT2D eigenvalue weighted by molar-refractivity contribution is -0.274. The van der Waals surface area contributed by atoms with Crippen LogP contribution in [0.3, 0.4) is 0 Å². The molecule has 0 spiro atoms. The van der Waals surface area contributed by atoms with Crippen molar-refractivity contribution in [1.29, 1.82) is 0 Å². The highest BCUT2D eigenvalue weighted by Gasteiger charge is 2.31. The molecule has 0 radical (unpaired) electrons. The second kappa shape index (κ2) is 6.00. The molecule has 1 aromatic heterocycles. The Morgan fingerprint density at radius 1 is 1.14 bits per heavy atom. The van der Waals surface area contributed by atoms with Gasteiger partial charge in [0.1, 0.15) is 5.75 Å². The number of aromatic nitrogens is 1. The summed E-state index contributed by atoms with van der Waals surface area (Å²) in [5.41, 5.74) is 0.389. The van der Waals surface area contributed by atoms with Crippen LogP contribution in [0, 0.1) is 5.95 Å². The fraction of sp³-hybridized carbons (Fsp3) is 0.143. The van der Waals surface area contributed by atoms with Crippen molar-refractivity contribution in [3.63, 3.8) is 0 Å². The molecule has 0 bridgehead atoms. The topological polar surface area (TPSA) is 59.4 Å². The van der Waals surface area contributed by atoms with Crippen LogP contribution in [0.5, 0.6) is 5.75 Å². The largest absolute Gasteiger partial charge is 0.573 e. The summed E-state index contributed by atoms with van der Waals surface area (Å²) in [7, 11) is 0. The number of ether oxygens (including phenoxy) is 1. The summed E-state index contributed by atoms with van der Waals surface area (Å²) in [6.07, 6.45) is -5.22. The molecule has 2 rings (SSSR count). The maximum Gasteiger partial charge on any atom is 0.573 e. The standard InChI is InChI=1S/C14H9F4NO3/c15-13-11(6-3-9(19-13)7-12(20)21)8-1-4-10(5-2-8)22-14(16,17)18/h1-6H,7H2,(H,20,21). The molecule has 4 nitrogen and oxygen atoms in total. The molecule has 0 aliphatic rings. The van der Waals surface area contributed by atoms with Gasteiger partial charge in [-0.05, 0) is 29.8 Å². The zero-order valence-electron chi connectivity index (χ0n) is 10.9. The summed E-state index contributed by atoms with van der Waals surface area (Å²) in [6, 6.07) is 7.25. The molecule has 116 valence electrons. The fourth-order valence-corrected chi connectivity index (χ4v) is 1.78. The molecule has 0 fully saturated rings. The molecule has 0 amide bonds. The number of carbonyl (C=O) groups is 1. The van der Waals surface area contributed by atoms with Gasteiger partial charge in [0, 0.05) is 5.56 Å². The summed E-state index contributed by atoms with van der Waals surface area (Å²) in [5, 5.41) is 8.60. The van der Waals surface area contributed by atoms with Gasteiger partial charge in [-0.1, -0.05) is 12.1 Å². The molecule has 1 N–H and O–H groups in total. The number of nitrogens with zero attached hydrogens (tertiary/aromatic N) is 1. The number of hydrogen-bond acceptors (Lipinski definition) is 3. The van der Waals surface area contributed by atoms with Gasteiger partial charge in [-0.25, -0.2) is 4.98 Å². The molecule has 1 aromatic carbocycles. The van der Waals surface area contributed by atoms with E-state index in [1.807, 2.05) is 0 Å². The summed E-state index contributed by atoms with van der Waals surface area (Å²) in [5.74, 6) is -2.47. The first-order valence-electron chi connectivity index (χ1n) is 5.98. The van der Waals surface area contributed by atoms with E-state index < -0.39 is 30.4 Å². The van der Waals surface area contributed by atoms with E-state index in [0.717, 1.165) is 12.1 Å². The number of aliphatic carboxylic acids is 1. The minimum Gasteiger partial charge on any atom is -0.481 e. The van der Waals surface area contributed by atoms with Crippen LogP contribution in [0.25, 0.3) is 11.1 Å². The third kappa shape index (κ3) is 4.18. The van der Waals surface area contributed by atoms with Crippen molar-refractivity contribution < 1.29 is 32.2 Å². The zero-order chi connectivity index (χ0) is 16.3. The smallest absolute Gasteiger partial charge is 0.481 e. The Morgan fingerprint density at radius 3 is 2.27 bits per heavy atom. The van der Waals surface area contributed by atoms with Crippen molar-refractivity contribution >= 4 is 5.97 Å². The van der Waals surface area contributed by atoms with E-state index in [-0.39, 0.29) is 11.3 Å². The summed E-state index contributed by atoms with van der Waals surface area (Å²) in [6.45, 7) is 0. The zero-order valence-corrected chi connectivity index (χ0v) is 10.9. The van der Waals surface area contributed by atoms with Gasteiger partial charge in [-0.2, -0.15) is 4.39 Å². The third-order valence-electron chi connectivity index (χ3n) is 2.64. The Hall–Kier alpha value is -2.64. The number of carboxylic acid groups (broad SMARTS) is 1. The van der Waals surface area contributed by atoms with Crippen LogP contribution < -0.4 is 4.74 Å². The van der Waals surface area contributed by atoms with Crippen LogP contribution in [0.1, 0.15) is 5.69 Å². The minimum atomic E-state index is -4.80. The van der Waals surface area contributed by atoms with Crippen molar-refractivity contribution in [3.8, 4) is 16.9 Å². The maximum atomic E-state index is 13.8. The second-order valence-electron chi connectivity index (χ2n) is 4.28. The fourth-order valence-electron chi connectivity index (χ4n) is 1.78. The highest BCUT2D eigenvalue weighted by molar-refractivity contribution is 5.70. The van der Waals surface area contributed by atoms with Gasteiger partial charge in [0.25, 0.3) is 0 Å². The number of benzene rings is 1. The molecule has 22 heavy (non-hydrogen) atoms. The van der Waals surface area contributed by atoms with Crippen LogP contribution in [-0.2, 0) is 11.2 Å². The van der Waals surface area contributed by atoms with Crippen molar-refractivity contribution in [2.24, 2.45) is 0 Å². The molecule has 2 aromatic rings. The van der Waals surface area contributed by atoms with Gasteiger partial charge in [-0.15, -0.1) is 13.2 Å². The lowest BCUT2D eigenvalue weighted by Crippen LogP contribution is -2.16. The molecule has 0 saturated heterocycles. The van der Waals surface area contributed by atoms with Crippen molar-refractivity contribution in [3.05, 3.63) is 48.0 Å². The van der Waals surface area contributed by atoms with Crippen molar-refractivity contribution in [1.82, 2.24) is 4.98 Å². The number of carboxylic acids is 1. The highest BCUT2D eigenvalue weighted by atomic mass is 19.4. The molecule has 8 heteroatoms. The molecule has 0 aliphatic heterocycles. The second-order valence-corrected chi connectivity index (χ2v) is 4.28. The van der Waals surface area contributed by atoms with Gasteiger partial charge >= 0.3 is 12.3 Å². The SMILES string of the molecule is O=C(O)Cc1ccc(-c2ccc(OC(F)(F)F)cc2)c(F)n1. The van der Waals surface area contributed by atoms with E-state index in [4.69, 9.17) is 5.11 Å². The minimum absolute atomic E-state index is 0.0470. The van der Waals surface area contributed by atoms with Gasteiger partial charge in [-0.3, -0.25) is 4.79 Å². The maximum absolute atomic E-state index is 13.8. The highest BCUT2D eigenvalue weighted by Crippen LogP contribution is 2.27. The molecule has 0 saturated carbocycles.